The van der Waals surface area contributed by atoms with E-state index < -0.39 is 11.4 Å². The number of nitriles is 1. The van der Waals surface area contributed by atoms with Gasteiger partial charge in [0.25, 0.3) is 0 Å². The molecule has 0 aliphatic heterocycles. The van der Waals surface area contributed by atoms with Crippen molar-refractivity contribution in [1.82, 2.24) is 9.97 Å². The number of imidazole rings is 1. The number of H-pyrrole nitrogens is 1. The monoisotopic (exact) mass is 343 g/mol. The SMILES string of the molecule is N#Cc1nc(-c2c(F)cccc2Cl)[nH]c1C#CC1(O)CCCCC1. The van der Waals surface area contributed by atoms with Crippen LogP contribution in [-0.4, -0.2) is 20.7 Å². The summed E-state index contributed by atoms with van der Waals surface area (Å²) >= 11 is 6.03. The number of rotatable bonds is 1. The van der Waals surface area contributed by atoms with Crippen molar-refractivity contribution in [2.75, 3.05) is 0 Å². The van der Waals surface area contributed by atoms with Gasteiger partial charge in [0.2, 0.25) is 0 Å². The van der Waals surface area contributed by atoms with Crippen LogP contribution >= 0.6 is 11.6 Å². The molecule has 0 spiro atoms. The zero-order valence-electron chi connectivity index (χ0n) is 12.9. The molecule has 2 N–H and O–H groups in total. The molecule has 1 aromatic carbocycles. The number of hydrogen-bond donors (Lipinski definition) is 2. The summed E-state index contributed by atoms with van der Waals surface area (Å²) in [4.78, 5) is 6.93. The van der Waals surface area contributed by atoms with Crippen LogP contribution in [-0.2, 0) is 0 Å². The second-order valence-electron chi connectivity index (χ2n) is 5.86. The molecule has 0 unspecified atom stereocenters. The molecule has 4 nitrogen and oxygen atoms in total. The van der Waals surface area contributed by atoms with Crippen molar-refractivity contribution in [1.29, 1.82) is 5.26 Å². The summed E-state index contributed by atoms with van der Waals surface area (Å²) in [6.07, 6.45) is 4.17. The smallest absolute Gasteiger partial charge is 0.175 e. The van der Waals surface area contributed by atoms with Crippen molar-refractivity contribution >= 4 is 11.6 Å². The summed E-state index contributed by atoms with van der Waals surface area (Å²) in [5.74, 6) is 5.25. The summed E-state index contributed by atoms with van der Waals surface area (Å²) < 4.78 is 14.0. The first-order valence-corrected chi connectivity index (χ1v) is 8.10. The van der Waals surface area contributed by atoms with Crippen molar-refractivity contribution in [3.8, 4) is 29.3 Å². The first-order valence-electron chi connectivity index (χ1n) is 7.72. The van der Waals surface area contributed by atoms with Gasteiger partial charge in [0.1, 0.15) is 29.0 Å². The van der Waals surface area contributed by atoms with Crippen LogP contribution in [0.1, 0.15) is 43.5 Å². The van der Waals surface area contributed by atoms with Crippen molar-refractivity contribution in [3.05, 3.63) is 40.4 Å². The van der Waals surface area contributed by atoms with Crippen LogP contribution in [0.4, 0.5) is 4.39 Å². The Kier molecular flexibility index (Phi) is 4.57. The van der Waals surface area contributed by atoms with Crippen LogP contribution in [0, 0.1) is 29.0 Å². The number of aromatic amines is 1. The summed E-state index contributed by atoms with van der Waals surface area (Å²) in [6, 6.07) is 6.24. The molecule has 1 aromatic heterocycles. The fraction of sp³-hybridized carbons (Fsp3) is 0.333. The minimum absolute atomic E-state index is 0.0521. The Morgan fingerprint density at radius 3 is 2.71 bits per heavy atom. The third-order valence-corrected chi connectivity index (χ3v) is 4.43. The summed E-state index contributed by atoms with van der Waals surface area (Å²) in [7, 11) is 0. The van der Waals surface area contributed by atoms with Gasteiger partial charge < -0.3 is 10.1 Å². The Morgan fingerprint density at radius 1 is 1.29 bits per heavy atom. The molecule has 1 heterocycles. The lowest BCUT2D eigenvalue weighted by Crippen LogP contribution is -2.29. The average molecular weight is 344 g/mol. The van der Waals surface area contributed by atoms with Gasteiger partial charge in [-0.15, -0.1) is 0 Å². The molecule has 2 aromatic rings. The van der Waals surface area contributed by atoms with E-state index in [4.69, 9.17) is 11.6 Å². The van der Waals surface area contributed by atoms with Crippen LogP contribution in [0.5, 0.6) is 0 Å². The average Bonchev–Trinajstić information content (AvgIpc) is 2.96. The van der Waals surface area contributed by atoms with Gasteiger partial charge in [-0.1, -0.05) is 30.0 Å². The van der Waals surface area contributed by atoms with Crippen LogP contribution in [0.25, 0.3) is 11.4 Å². The fourth-order valence-electron chi connectivity index (χ4n) is 2.83. The molecule has 1 aliphatic rings. The highest BCUT2D eigenvalue weighted by atomic mass is 35.5. The highest BCUT2D eigenvalue weighted by molar-refractivity contribution is 6.33. The molecule has 0 amide bonds. The Labute approximate surface area is 144 Å². The van der Waals surface area contributed by atoms with Crippen LogP contribution in [0.2, 0.25) is 5.02 Å². The van der Waals surface area contributed by atoms with Crippen molar-refractivity contribution in [2.45, 2.75) is 37.7 Å². The van der Waals surface area contributed by atoms with Crippen molar-refractivity contribution in [3.63, 3.8) is 0 Å². The van der Waals surface area contributed by atoms with E-state index >= 15 is 0 Å². The lowest BCUT2D eigenvalue weighted by Gasteiger charge is -2.26. The molecule has 1 saturated carbocycles. The Balaban J connectivity index is 2.00. The number of halogens is 2. The second kappa shape index (κ2) is 6.65. The summed E-state index contributed by atoms with van der Waals surface area (Å²) in [5.41, 5.74) is -0.631. The van der Waals surface area contributed by atoms with Gasteiger partial charge in [0.15, 0.2) is 5.69 Å². The van der Waals surface area contributed by atoms with E-state index in [2.05, 4.69) is 21.8 Å². The van der Waals surface area contributed by atoms with Crippen LogP contribution < -0.4 is 0 Å². The van der Waals surface area contributed by atoms with E-state index in [9.17, 15) is 14.8 Å². The predicted molar refractivity (Wildman–Crippen MR) is 88.6 cm³/mol. The number of hydrogen-bond acceptors (Lipinski definition) is 3. The molecule has 6 heteroatoms. The highest BCUT2D eigenvalue weighted by Crippen LogP contribution is 2.30. The number of nitrogens with one attached hydrogen (secondary N) is 1. The number of aromatic nitrogens is 2. The molecule has 122 valence electrons. The quantitative estimate of drug-likeness (QED) is 0.774. The molecule has 1 aliphatic carbocycles. The first kappa shape index (κ1) is 16.5. The maximum Gasteiger partial charge on any atom is 0.175 e. The van der Waals surface area contributed by atoms with E-state index in [1.165, 1.54) is 12.1 Å². The van der Waals surface area contributed by atoms with Gasteiger partial charge in [0.05, 0.1) is 10.6 Å². The topological polar surface area (TPSA) is 72.7 Å². The lowest BCUT2D eigenvalue weighted by atomic mass is 9.85. The standard InChI is InChI=1S/C18H15ClFN3O/c19-12-5-4-6-13(20)16(12)17-22-14(15(11-21)23-17)7-10-18(24)8-2-1-3-9-18/h4-6,24H,1-3,8-9H2,(H,22,23). The highest BCUT2D eigenvalue weighted by Gasteiger charge is 2.26. The van der Waals surface area contributed by atoms with E-state index in [0.29, 0.717) is 12.8 Å². The Hall–Kier alpha value is -2.34. The third kappa shape index (κ3) is 3.28. The molecule has 1 fully saturated rings. The fourth-order valence-corrected chi connectivity index (χ4v) is 3.08. The summed E-state index contributed by atoms with van der Waals surface area (Å²) in [5, 5.41) is 19.9. The zero-order valence-corrected chi connectivity index (χ0v) is 13.6. The zero-order chi connectivity index (χ0) is 17.2. The number of benzene rings is 1. The van der Waals surface area contributed by atoms with E-state index in [0.717, 1.165) is 19.3 Å². The molecular weight excluding hydrogens is 329 g/mol. The lowest BCUT2D eigenvalue weighted by molar-refractivity contribution is 0.0610. The second-order valence-corrected chi connectivity index (χ2v) is 6.27. The minimum Gasteiger partial charge on any atom is -0.378 e. The Bertz CT molecular complexity index is 846. The van der Waals surface area contributed by atoms with Crippen LogP contribution in [0.3, 0.4) is 0 Å². The normalized spacial score (nSPS) is 16.1. The molecule has 24 heavy (non-hydrogen) atoms. The van der Waals surface area contributed by atoms with E-state index in [1.807, 2.05) is 6.07 Å². The van der Waals surface area contributed by atoms with Gasteiger partial charge in [-0.3, -0.25) is 0 Å². The van der Waals surface area contributed by atoms with Gasteiger partial charge in [-0.05, 0) is 43.7 Å². The van der Waals surface area contributed by atoms with Gasteiger partial charge in [-0.25, -0.2) is 9.37 Å². The maximum atomic E-state index is 14.0. The maximum absolute atomic E-state index is 14.0. The van der Waals surface area contributed by atoms with E-state index in [-0.39, 0.29) is 27.8 Å². The molecule has 0 saturated heterocycles. The molecule has 3 rings (SSSR count). The van der Waals surface area contributed by atoms with Crippen molar-refractivity contribution < 1.29 is 9.50 Å². The summed E-state index contributed by atoms with van der Waals surface area (Å²) in [6.45, 7) is 0. The predicted octanol–water partition coefficient (Wildman–Crippen LogP) is 3.79. The van der Waals surface area contributed by atoms with Gasteiger partial charge in [-0.2, -0.15) is 5.26 Å². The minimum atomic E-state index is -1.04. The number of aliphatic hydroxyl groups is 1. The third-order valence-electron chi connectivity index (χ3n) is 4.11. The van der Waals surface area contributed by atoms with Gasteiger partial charge in [0, 0.05) is 0 Å². The number of nitrogens with zero attached hydrogens (tertiary/aromatic N) is 2. The van der Waals surface area contributed by atoms with Crippen molar-refractivity contribution in [2.24, 2.45) is 0 Å². The molecular formula is C18H15ClFN3O. The largest absolute Gasteiger partial charge is 0.378 e. The first-order chi connectivity index (χ1) is 11.5. The Morgan fingerprint density at radius 2 is 2.04 bits per heavy atom. The van der Waals surface area contributed by atoms with Crippen LogP contribution in [0.15, 0.2) is 18.2 Å². The van der Waals surface area contributed by atoms with E-state index in [1.54, 1.807) is 6.07 Å². The van der Waals surface area contributed by atoms with Gasteiger partial charge >= 0.3 is 0 Å². The molecule has 0 atom stereocenters. The molecule has 0 radical (unpaired) electrons. The molecule has 0 bridgehead atoms.